The van der Waals surface area contributed by atoms with E-state index in [1.54, 1.807) is 24.3 Å². The van der Waals surface area contributed by atoms with Crippen LogP contribution in [0.25, 0.3) is 12.7 Å². The average molecular weight is 453 g/mol. The summed E-state index contributed by atoms with van der Waals surface area (Å²) in [5, 5.41) is 13.1. The Morgan fingerprint density at radius 2 is 2.06 bits per heavy atom. The molecule has 3 aromatic rings. The van der Waals surface area contributed by atoms with E-state index in [0.29, 0.717) is 18.7 Å². The summed E-state index contributed by atoms with van der Waals surface area (Å²) in [5.41, 5.74) is 2.66. The fourth-order valence-electron chi connectivity index (χ4n) is 3.19. The van der Waals surface area contributed by atoms with Gasteiger partial charge in [0.05, 0.1) is 15.4 Å². The van der Waals surface area contributed by atoms with Gasteiger partial charge in [0.25, 0.3) is 0 Å². The maximum Gasteiger partial charge on any atom is 0.335 e. The van der Waals surface area contributed by atoms with Crippen LogP contribution < -0.4 is 24.7 Å². The number of hydrogen-bond acceptors (Lipinski definition) is 6. The molecular formula is C23H20N2O4S2. The summed E-state index contributed by atoms with van der Waals surface area (Å²) in [5.74, 6) is 0.514. The van der Waals surface area contributed by atoms with Gasteiger partial charge in [-0.25, -0.2) is 4.79 Å². The molecular weight excluding hydrogens is 432 g/mol. The van der Waals surface area contributed by atoms with Crippen molar-refractivity contribution in [2.75, 3.05) is 12.1 Å². The number of anilines is 1. The van der Waals surface area contributed by atoms with Crippen molar-refractivity contribution in [1.29, 1.82) is 0 Å². The molecule has 8 heteroatoms. The zero-order chi connectivity index (χ0) is 22.0. The molecule has 1 aromatic heterocycles. The van der Waals surface area contributed by atoms with Gasteiger partial charge in [0.15, 0.2) is 15.5 Å². The summed E-state index contributed by atoms with van der Waals surface area (Å²) >= 11 is 7.05. The number of aromatic nitrogens is 1. The number of aromatic carboxylic acids is 1. The molecule has 4 rings (SSSR count). The lowest BCUT2D eigenvalue weighted by molar-refractivity contribution is 0.0697. The van der Waals surface area contributed by atoms with E-state index in [1.807, 2.05) is 28.8 Å². The number of allylic oxidation sites excluding steroid dienone is 1. The van der Waals surface area contributed by atoms with Crippen molar-refractivity contribution in [3.8, 4) is 11.5 Å². The molecule has 0 aliphatic carbocycles. The van der Waals surface area contributed by atoms with E-state index in [0.717, 1.165) is 36.6 Å². The van der Waals surface area contributed by atoms with E-state index in [1.165, 1.54) is 11.3 Å². The SMILES string of the molecule is C=C(CCn1c(=S)s/c(=C\c2ccc3c(c2)OCO3)c1=C)Nc1cccc(C(=O)O)c1. The fourth-order valence-corrected chi connectivity index (χ4v) is 4.58. The molecule has 2 aromatic carbocycles. The summed E-state index contributed by atoms with van der Waals surface area (Å²) in [6, 6.07) is 12.4. The van der Waals surface area contributed by atoms with Gasteiger partial charge in [-0.05, 0) is 54.2 Å². The first-order valence-electron chi connectivity index (χ1n) is 9.49. The van der Waals surface area contributed by atoms with Gasteiger partial charge in [-0.1, -0.05) is 25.3 Å². The highest BCUT2D eigenvalue weighted by molar-refractivity contribution is 7.73. The monoisotopic (exact) mass is 452 g/mol. The van der Waals surface area contributed by atoms with Gasteiger partial charge < -0.3 is 24.5 Å². The largest absolute Gasteiger partial charge is 0.478 e. The predicted molar refractivity (Wildman–Crippen MR) is 125 cm³/mol. The van der Waals surface area contributed by atoms with Crippen LogP contribution in [0.4, 0.5) is 5.69 Å². The van der Waals surface area contributed by atoms with Crippen molar-refractivity contribution in [2.24, 2.45) is 0 Å². The Morgan fingerprint density at radius 3 is 2.87 bits per heavy atom. The lowest BCUT2D eigenvalue weighted by atomic mass is 10.2. The van der Waals surface area contributed by atoms with Crippen molar-refractivity contribution >= 4 is 47.9 Å². The number of rotatable bonds is 7. The number of fused-ring (bicyclic) bond motifs is 1. The van der Waals surface area contributed by atoms with Gasteiger partial charge in [0.1, 0.15) is 0 Å². The molecule has 0 bridgehead atoms. The Hall–Kier alpha value is -3.36. The van der Waals surface area contributed by atoms with Gasteiger partial charge in [0, 0.05) is 24.4 Å². The van der Waals surface area contributed by atoms with Crippen molar-refractivity contribution < 1.29 is 19.4 Å². The van der Waals surface area contributed by atoms with Gasteiger partial charge >= 0.3 is 5.97 Å². The average Bonchev–Trinajstić information content (AvgIpc) is 3.31. The van der Waals surface area contributed by atoms with E-state index in [9.17, 15) is 4.79 Å². The van der Waals surface area contributed by atoms with E-state index < -0.39 is 5.97 Å². The molecule has 2 heterocycles. The number of nitrogens with zero attached hydrogens (tertiary/aromatic N) is 1. The quantitative estimate of drug-likeness (QED) is 0.529. The molecule has 31 heavy (non-hydrogen) atoms. The Morgan fingerprint density at radius 1 is 1.26 bits per heavy atom. The van der Waals surface area contributed by atoms with Crippen LogP contribution in [0.2, 0.25) is 0 Å². The predicted octanol–water partition coefficient (Wildman–Crippen LogP) is 3.96. The van der Waals surface area contributed by atoms with Crippen molar-refractivity contribution in [3.05, 3.63) is 79.7 Å². The summed E-state index contributed by atoms with van der Waals surface area (Å²) in [6.45, 7) is 9.12. The molecule has 0 amide bonds. The zero-order valence-electron chi connectivity index (χ0n) is 16.6. The highest BCUT2D eigenvalue weighted by atomic mass is 32.1. The van der Waals surface area contributed by atoms with E-state index in [4.69, 9.17) is 26.8 Å². The molecule has 158 valence electrons. The minimum absolute atomic E-state index is 0.224. The molecule has 0 unspecified atom stereocenters. The maximum absolute atomic E-state index is 11.1. The van der Waals surface area contributed by atoms with Gasteiger partial charge in [0.2, 0.25) is 6.79 Å². The number of benzene rings is 2. The molecule has 2 N–H and O–H groups in total. The molecule has 1 aliphatic heterocycles. The van der Waals surface area contributed by atoms with Crippen LogP contribution in [0, 0.1) is 3.95 Å². The third-order valence-electron chi connectivity index (χ3n) is 4.79. The first-order chi connectivity index (χ1) is 14.9. The van der Waals surface area contributed by atoms with Crippen molar-refractivity contribution in [2.45, 2.75) is 13.0 Å². The highest BCUT2D eigenvalue weighted by Crippen LogP contribution is 2.32. The van der Waals surface area contributed by atoms with Gasteiger partial charge in [-0.2, -0.15) is 0 Å². The number of carboxylic acid groups (broad SMARTS) is 1. The summed E-state index contributed by atoms with van der Waals surface area (Å²) < 4.78 is 14.5. The highest BCUT2D eigenvalue weighted by Gasteiger charge is 2.12. The minimum atomic E-state index is -0.966. The number of carboxylic acids is 1. The molecule has 0 radical (unpaired) electrons. The number of carbonyl (C=O) groups is 1. The third-order valence-corrected chi connectivity index (χ3v) is 6.23. The molecule has 6 nitrogen and oxygen atoms in total. The van der Waals surface area contributed by atoms with E-state index in [-0.39, 0.29) is 12.4 Å². The third kappa shape index (κ3) is 4.70. The second-order valence-electron chi connectivity index (χ2n) is 6.95. The zero-order valence-corrected chi connectivity index (χ0v) is 18.2. The van der Waals surface area contributed by atoms with Crippen molar-refractivity contribution in [1.82, 2.24) is 4.57 Å². The van der Waals surface area contributed by atoms with Gasteiger partial charge in [-0.3, -0.25) is 0 Å². The van der Waals surface area contributed by atoms with Crippen LogP contribution >= 0.6 is 23.6 Å². The molecule has 0 fully saturated rings. The normalized spacial score (nSPS) is 12.7. The summed E-state index contributed by atoms with van der Waals surface area (Å²) in [4.78, 5) is 11.1. The van der Waals surface area contributed by atoms with Crippen LogP contribution in [0.3, 0.4) is 0 Å². The van der Waals surface area contributed by atoms with Crippen LogP contribution in [-0.2, 0) is 6.54 Å². The standard InChI is InChI=1S/C23H20N2O4S2/c1-14(24-18-5-3-4-17(12-18)22(26)27)8-9-25-15(2)21(31-23(25)30)11-16-6-7-19-20(10-16)29-13-28-19/h3-7,10-12,24H,1-2,8-9,13H2,(H,26,27)/b21-11-. The van der Waals surface area contributed by atoms with Crippen LogP contribution in [0.15, 0.2) is 54.7 Å². The summed E-state index contributed by atoms with van der Waals surface area (Å²) in [6.07, 6.45) is 2.65. The van der Waals surface area contributed by atoms with Crippen molar-refractivity contribution in [3.63, 3.8) is 0 Å². The lowest BCUT2D eigenvalue weighted by Crippen LogP contribution is -2.27. The van der Waals surface area contributed by atoms with E-state index >= 15 is 0 Å². The Labute approximate surface area is 188 Å². The number of ether oxygens (including phenoxy) is 2. The number of nitrogens with one attached hydrogen (secondary N) is 1. The molecule has 0 saturated carbocycles. The van der Waals surface area contributed by atoms with Gasteiger partial charge in [-0.15, -0.1) is 11.3 Å². The second kappa shape index (κ2) is 8.79. The Kier molecular flexibility index (Phi) is 5.92. The molecule has 1 aliphatic rings. The Bertz CT molecular complexity index is 1340. The first kappa shape index (κ1) is 20.9. The fraction of sp³-hybridized carbons (Fsp3) is 0.130. The number of hydrogen-bond donors (Lipinski definition) is 2. The first-order valence-corrected chi connectivity index (χ1v) is 10.7. The smallest absolute Gasteiger partial charge is 0.335 e. The molecule has 0 atom stereocenters. The Balaban J connectivity index is 1.47. The molecule has 0 spiro atoms. The minimum Gasteiger partial charge on any atom is -0.478 e. The summed E-state index contributed by atoms with van der Waals surface area (Å²) in [7, 11) is 0. The van der Waals surface area contributed by atoms with Crippen LogP contribution in [0.1, 0.15) is 22.3 Å². The maximum atomic E-state index is 11.1. The van der Waals surface area contributed by atoms with E-state index in [2.05, 4.69) is 18.5 Å². The number of thiazole rings is 1. The molecule has 0 saturated heterocycles. The topological polar surface area (TPSA) is 72.7 Å². The second-order valence-corrected chi connectivity index (χ2v) is 8.63. The van der Waals surface area contributed by atoms with Crippen LogP contribution in [0.5, 0.6) is 11.5 Å². The van der Waals surface area contributed by atoms with Crippen LogP contribution in [-0.4, -0.2) is 22.4 Å². The lowest BCUT2D eigenvalue weighted by Gasteiger charge is -2.11.